The molecule has 0 saturated heterocycles. The summed E-state index contributed by atoms with van der Waals surface area (Å²) in [5.41, 5.74) is 2.62. The lowest BCUT2D eigenvalue weighted by Gasteiger charge is -2.22. The normalized spacial score (nSPS) is 16.9. The molecule has 0 amide bonds. The van der Waals surface area contributed by atoms with Crippen molar-refractivity contribution in [2.24, 2.45) is 0 Å². The standard InChI is InChI=1S/C11H13N3S/c1-7-10-8-3-4-14(2)5-9(8)15-11(10)13-6-12-7/h6H,3-5H2,1-2H3. The third kappa shape index (κ3) is 1.36. The molecule has 0 aromatic carbocycles. The molecular formula is C11H13N3S. The molecule has 3 nitrogen and oxygen atoms in total. The van der Waals surface area contributed by atoms with E-state index in [4.69, 9.17) is 0 Å². The molecule has 4 heteroatoms. The number of hydrogen-bond donors (Lipinski definition) is 0. The Labute approximate surface area is 92.8 Å². The minimum absolute atomic E-state index is 1.07. The van der Waals surface area contributed by atoms with Crippen molar-refractivity contribution in [1.29, 1.82) is 0 Å². The van der Waals surface area contributed by atoms with Gasteiger partial charge in [0.05, 0.1) is 0 Å². The zero-order valence-corrected chi connectivity index (χ0v) is 9.77. The van der Waals surface area contributed by atoms with Crippen LogP contribution in [0.1, 0.15) is 16.1 Å². The van der Waals surface area contributed by atoms with Gasteiger partial charge in [0, 0.05) is 29.0 Å². The Morgan fingerprint density at radius 2 is 2.27 bits per heavy atom. The van der Waals surface area contributed by atoms with Gasteiger partial charge in [-0.3, -0.25) is 0 Å². The first kappa shape index (κ1) is 9.24. The molecule has 1 aliphatic heterocycles. The topological polar surface area (TPSA) is 29.0 Å². The van der Waals surface area contributed by atoms with Crippen LogP contribution >= 0.6 is 11.3 Å². The number of rotatable bonds is 0. The van der Waals surface area contributed by atoms with Crippen molar-refractivity contribution < 1.29 is 0 Å². The summed E-state index contributed by atoms with van der Waals surface area (Å²) >= 11 is 1.82. The van der Waals surface area contributed by atoms with Crippen LogP contribution < -0.4 is 0 Å². The van der Waals surface area contributed by atoms with Crippen molar-refractivity contribution in [3.05, 3.63) is 22.5 Å². The van der Waals surface area contributed by atoms with Crippen LogP contribution in [0.15, 0.2) is 6.33 Å². The fourth-order valence-corrected chi connectivity index (χ4v) is 3.53. The highest BCUT2D eigenvalue weighted by Crippen LogP contribution is 2.34. The second kappa shape index (κ2) is 3.25. The molecule has 3 rings (SSSR count). The van der Waals surface area contributed by atoms with Gasteiger partial charge in [0.25, 0.3) is 0 Å². The molecule has 78 valence electrons. The minimum atomic E-state index is 1.07. The first-order valence-corrected chi connectivity index (χ1v) is 5.98. The van der Waals surface area contributed by atoms with Crippen molar-refractivity contribution in [2.45, 2.75) is 19.9 Å². The van der Waals surface area contributed by atoms with E-state index in [9.17, 15) is 0 Å². The predicted octanol–water partition coefficient (Wildman–Crippen LogP) is 1.99. The lowest BCUT2D eigenvalue weighted by Crippen LogP contribution is -2.25. The van der Waals surface area contributed by atoms with E-state index >= 15 is 0 Å². The molecule has 0 radical (unpaired) electrons. The zero-order chi connectivity index (χ0) is 10.4. The van der Waals surface area contributed by atoms with E-state index in [-0.39, 0.29) is 0 Å². The van der Waals surface area contributed by atoms with Gasteiger partial charge in [-0.05, 0) is 26.0 Å². The maximum atomic E-state index is 4.36. The molecule has 0 fully saturated rings. The third-order valence-electron chi connectivity index (χ3n) is 3.02. The molecule has 2 aromatic heterocycles. The SMILES string of the molecule is Cc1ncnc2sc3c(c12)CCN(C)C3. The number of fused-ring (bicyclic) bond motifs is 3. The highest BCUT2D eigenvalue weighted by atomic mass is 32.1. The Balaban J connectivity index is 2.29. The van der Waals surface area contributed by atoms with Crippen LogP contribution in [0.2, 0.25) is 0 Å². The fraction of sp³-hybridized carbons (Fsp3) is 0.455. The van der Waals surface area contributed by atoms with E-state index in [1.807, 2.05) is 11.3 Å². The molecule has 3 heterocycles. The Kier molecular flexibility index (Phi) is 2.00. The van der Waals surface area contributed by atoms with Gasteiger partial charge in [-0.2, -0.15) is 0 Å². The highest BCUT2D eigenvalue weighted by molar-refractivity contribution is 7.18. The van der Waals surface area contributed by atoms with Gasteiger partial charge in [-0.1, -0.05) is 0 Å². The van der Waals surface area contributed by atoms with Crippen LogP contribution in [0.4, 0.5) is 0 Å². The Morgan fingerprint density at radius 3 is 3.13 bits per heavy atom. The molecule has 0 N–H and O–H groups in total. The summed E-state index contributed by atoms with van der Waals surface area (Å²) in [4.78, 5) is 13.6. The summed E-state index contributed by atoms with van der Waals surface area (Å²) < 4.78 is 0. The Morgan fingerprint density at radius 1 is 1.40 bits per heavy atom. The molecule has 0 unspecified atom stereocenters. The van der Waals surface area contributed by atoms with Crippen molar-refractivity contribution in [3.8, 4) is 0 Å². The van der Waals surface area contributed by atoms with Gasteiger partial charge in [0.1, 0.15) is 11.2 Å². The minimum Gasteiger partial charge on any atom is -0.301 e. The van der Waals surface area contributed by atoms with E-state index in [1.54, 1.807) is 6.33 Å². The number of likely N-dealkylation sites (N-methyl/N-ethyl adjacent to an activating group) is 1. The van der Waals surface area contributed by atoms with Crippen LogP contribution in [-0.2, 0) is 13.0 Å². The van der Waals surface area contributed by atoms with Crippen LogP contribution in [0.25, 0.3) is 10.2 Å². The van der Waals surface area contributed by atoms with E-state index in [2.05, 4.69) is 28.8 Å². The molecule has 0 spiro atoms. The maximum Gasteiger partial charge on any atom is 0.127 e. The average molecular weight is 219 g/mol. The molecule has 15 heavy (non-hydrogen) atoms. The third-order valence-corrected chi connectivity index (χ3v) is 4.14. The summed E-state index contributed by atoms with van der Waals surface area (Å²) in [5.74, 6) is 0. The smallest absolute Gasteiger partial charge is 0.127 e. The van der Waals surface area contributed by atoms with E-state index in [0.29, 0.717) is 0 Å². The maximum absolute atomic E-state index is 4.36. The van der Waals surface area contributed by atoms with E-state index < -0.39 is 0 Å². The number of nitrogens with zero attached hydrogens (tertiary/aromatic N) is 3. The van der Waals surface area contributed by atoms with Gasteiger partial charge in [-0.25, -0.2) is 9.97 Å². The summed E-state index contributed by atoms with van der Waals surface area (Å²) in [6.07, 6.45) is 2.81. The summed E-state index contributed by atoms with van der Waals surface area (Å²) in [6.45, 7) is 4.29. The predicted molar refractivity (Wildman–Crippen MR) is 62.2 cm³/mol. The van der Waals surface area contributed by atoms with Crippen LogP contribution in [0.3, 0.4) is 0 Å². The lowest BCUT2D eigenvalue weighted by atomic mass is 10.0. The quantitative estimate of drug-likeness (QED) is 0.678. The lowest BCUT2D eigenvalue weighted by molar-refractivity contribution is 0.318. The van der Waals surface area contributed by atoms with Crippen LogP contribution in [0.5, 0.6) is 0 Å². The van der Waals surface area contributed by atoms with Gasteiger partial charge in [0.2, 0.25) is 0 Å². The molecule has 0 atom stereocenters. The number of thiophene rings is 1. The second-order valence-corrected chi connectivity index (χ2v) is 5.21. The van der Waals surface area contributed by atoms with E-state index in [1.165, 1.54) is 15.8 Å². The van der Waals surface area contributed by atoms with Crippen LogP contribution in [-0.4, -0.2) is 28.5 Å². The molecule has 0 aliphatic carbocycles. The van der Waals surface area contributed by atoms with Crippen LogP contribution in [0, 0.1) is 6.92 Å². The van der Waals surface area contributed by atoms with Crippen molar-refractivity contribution in [1.82, 2.24) is 14.9 Å². The monoisotopic (exact) mass is 219 g/mol. The number of hydrogen-bond acceptors (Lipinski definition) is 4. The van der Waals surface area contributed by atoms with E-state index in [0.717, 1.165) is 30.0 Å². The van der Waals surface area contributed by atoms with Gasteiger partial charge < -0.3 is 4.90 Å². The fourth-order valence-electron chi connectivity index (χ4n) is 2.21. The molecule has 1 aliphatic rings. The molecule has 0 saturated carbocycles. The summed E-state index contributed by atoms with van der Waals surface area (Å²) in [7, 11) is 2.17. The van der Waals surface area contributed by atoms with Gasteiger partial charge >= 0.3 is 0 Å². The first-order valence-electron chi connectivity index (χ1n) is 5.16. The van der Waals surface area contributed by atoms with Gasteiger partial charge in [0.15, 0.2) is 0 Å². The van der Waals surface area contributed by atoms with Gasteiger partial charge in [-0.15, -0.1) is 11.3 Å². The van der Waals surface area contributed by atoms with Crippen molar-refractivity contribution in [3.63, 3.8) is 0 Å². The Hall–Kier alpha value is -1.00. The second-order valence-electron chi connectivity index (χ2n) is 4.13. The van der Waals surface area contributed by atoms with Crippen molar-refractivity contribution >= 4 is 21.6 Å². The van der Waals surface area contributed by atoms with Crippen molar-refractivity contribution in [2.75, 3.05) is 13.6 Å². The largest absolute Gasteiger partial charge is 0.301 e. The summed E-state index contributed by atoms with van der Waals surface area (Å²) in [6, 6.07) is 0. The number of aryl methyl sites for hydroxylation is 1. The first-order chi connectivity index (χ1) is 7.25. The summed E-state index contributed by atoms with van der Waals surface area (Å²) in [5, 5.41) is 1.31. The molecule has 0 bridgehead atoms. The Bertz CT molecular complexity index is 518. The number of aromatic nitrogens is 2. The molecular weight excluding hydrogens is 206 g/mol. The zero-order valence-electron chi connectivity index (χ0n) is 8.95. The highest BCUT2D eigenvalue weighted by Gasteiger charge is 2.20. The molecule has 2 aromatic rings. The average Bonchev–Trinajstić information content (AvgIpc) is 2.56.